The van der Waals surface area contributed by atoms with E-state index >= 15 is 0 Å². The van der Waals surface area contributed by atoms with Gasteiger partial charge in [-0.05, 0) is 45.0 Å². The van der Waals surface area contributed by atoms with Gasteiger partial charge in [-0.2, -0.15) is 5.10 Å². The molecule has 2 heterocycles. The van der Waals surface area contributed by atoms with Gasteiger partial charge in [-0.3, -0.25) is 10.00 Å². The van der Waals surface area contributed by atoms with Gasteiger partial charge in [0.15, 0.2) is 11.8 Å². The van der Waals surface area contributed by atoms with Gasteiger partial charge in [0.05, 0.1) is 20.3 Å². The summed E-state index contributed by atoms with van der Waals surface area (Å²) in [5.74, 6) is 2.93. The smallest absolute Gasteiger partial charge is 0.191 e. The largest absolute Gasteiger partial charge is 0.497 e. The molecule has 1 saturated heterocycles. The lowest BCUT2D eigenvalue weighted by atomic mass is 10.0. The van der Waals surface area contributed by atoms with Crippen LogP contribution in [0.25, 0.3) is 11.4 Å². The fourth-order valence-corrected chi connectivity index (χ4v) is 3.31. The van der Waals surface area contributed by atoms with E-state index in [2.05, 4.69) is 56.5 Å². The zero-order chi connectivity index (χ0) is 21.4. The number of guanidine groups is 1. The van der Waals surface area contributed by atoms with Crippen molar-refractivity contribution in [2.24, 2.45) is 4.99 Å². The maximum atomic E-state index is 5.47. The molecule has 0 atom stereocenters. The number of rotatable bonds is 8. The molecule has 2 aromatic rings. The predicted molar refractivity (Wildman–Crippen MR) is 133 cm³/mol. The molecule has 1 aliphatic heterocycles. The average molecular weight is 543 g/mol. The van der Waals surface area contributed by atoms with Crippen LogP contribution < -0.4 is 15.4 Å². The second kappa shape index (κ2) is 12.2. The molecule has 31 heavy (non-hydrogen) atoms. The summed E-state index contributed by atoms with van der Waals surface area (Å²) >= 11 is 0. The van der Waals surface area contributed by atoms with Crippen molar-refractivity contribution in [3.8, 4) is 17.1 Å². The van der Waals surface area contributed by atoms with E-state index in [4.69, 9.17) is 9.47 Å². The first kappa shape index (κ1) is 25.3. The van der Waals surface area contributed by atoms with Gasteiger partial charge < -0.3 is 20.1 Å². The zero-order valence-electron chi connectivity index (χ0n) is 18.8. The Hall–Kier alpha value is -1.92. The van der Waals surface area contributed by atoms with Crippen LogP contribution in [0.15, 0.2) is 29.3 Å². The van der Waals surface area contributed by atoms with Crippen molar-refractivity contribution in [2.45, 2.75) is 32.9 Å². The van der Waals surface area contributed by atoms with Crippen LogP contribution in [0.3, 0.4) is 0 Å². The van der Waals surface area contributed by atoms with E-state index in [0.29, 0.717) is 18.2 Å². The summed E-state index contributed by atoms with van der Waals surface area (Å²) in [5.41, 5.74) is 0.938. The Labute approximate surface area is 201 Å². The van der Waals surface area contributed by atoms with Crippen LogP contribution in [0.1, 0.15) is 26.6 Å². The number of aromatic amines is 1. The van der Waals surface area contributed by atoms with Crippen LogP contribution in [-0.2, 0) is 11.3 Å². The highest BCUT2D eigenvalue weighted by Gasteiger charge is 2.28. The van der Waals surface area contributed by atoms with Crippen molar-refractivity contribution >= 4 is 29.9 Å². The van der Waals surface area contributed by atoms with Crippen LogP contribution in [0.4, 0.5) is 0 Å². The summed E-state index contributed by atoms with van der Waals surface area (Å²) in [6.45, 7) is 12.0. The van der Waals surface area contributed by atoms with Crippen LogP contribution >= 0.6 is 24.0 Å². The van der Waals surface area contributed by atoms with Crippen molar-refractivity contribution in [2.75, 3.05) is 46.5 Å². The van der Waals surface area contributed by atoms with Gasteiger partial charge in [0.25, 0.3) is 0 Å². The van der Waals surface area contributed by atoms with Crippen molar-refractivity contribution < 1.29 is 9.47 Å². The van der Waals surface area contributed by atoms with E-state index in [0.717, 1.165) is 56.7 Å². The molecule has 0 saturated carbocycles. The normalized spacial score (nSPS) is 15.3. The van der Waals surface area contributed by atoms with Gasteiger partial charge in [-0.25, -0.2) is 9.98 Å². The molecular weight excluding hydrogens is 509 g/mol. The van der Waals surface area contributed by atoms with E-state index in [1.807, 2.05) is 24.3 Å². The third-order valence-electron chi connectivity index (χ3n) is 5.17. The first-order chi connectivity index (χ1) is 14.5. The molecule has 1 aromatic carbocycles. The molecule has 1 aliphatic rings. The number of aromatic nitrogens is 3. The molecule has 10 heteroatoms. The maximum Gasteiger partial charge on any atom is 0.191 e. The number of ether oxygens (including phenoxy) is 2. The third kappa shape index (κ3) is 7.32. The van der Waals surface area contributed by atoms with Crippen LogP contribution in [0.2, 0.25) is 0 Å². The van der Waals surface area contributed by atoms with Gasteiger partial charge in [-0.1, -0.05) is 0 Å². The molecule has 0 radical (unpaired) electrons. The number of nitrogens with zero attached hydrogens (tertiary/aromatic N) is 4. The zero-order valence-corrected chi connectivity index (χ0v) is 21.1. The second-order valence-electron chi connectivity index (χ2n) is 7.79. The highest BCUT2D eigenvalue weighted by molar-refractivity contribution is 14.0. The van der Waals surface area contributed by atoms with E-state index in [9.17, 15) is 0 Å². The summed E-state index contributed by atoms with van der Waals surface area (Å²) < 4.78 is 10.7. The first-order valence-corrected chi connectivity index (χ1v) is 10.4. The lowest BCUT2D eigenvalue weighted by molar-refractivity contribution is -0.00834. The molecule has 0 amide bonds. The number of hydrogen-bond acceptors (Lipinski definition) is 6. The number of benzene rings is 1. The molecule has 9 nitrogen and oxygen atoms in total. The minimum absolute atomic E-state index is 0. The molecule has 3 rings (SSSR count). The topological polar surface area (TPSA) is 99.7 Å². The van der Waals surface area contributed by atoms with E-state index < -0.39 is 0 Å². The SMILES string of the molecule is CCNC(=NCc1nc(-c2ccc(OC)cc2)n[nH]1)NCC(C)(C)N1CCOCC1.I. The fourth-order valence-electron chi connectivity index (χ4n) is 3.31. The predicted octanol–water partition coefficient (Wildman–Crippen LogP) is 2.26. The van der Waals surface area contributed by atoms with Gasteiger partial charge in [-0.15, -0.1) is 24.0 Å². The molecule has 172 valence electrons. The summed E-state index contributed by atoms with van der Waals surface area (Å²) in [6.07, 6.45) is 0. The lowest BCUT2D eigenvalue weighted by Crippen LogP contribution is -2.56. The van der Waals surface area contributed by atoms with E-state index in [-0.39, 0.29) is 29.5 Å². The number of methoxy groups -OCH3 is 1. The number of hydrogen-bond donors (Lipinski definition) is 3. The van der Waals surface area contributed by atoms with Crippen LogP contribution in [0, 0.1) is 0 Å². The Balaban J connectivity index is 0.00000341. The molecule has 3 N–H and O–H groups in total. The molecule has 1 fully saturated rings. The monoisotopic (exact) mass is 543 g/mol. The number of aliphatic imine (C=N–C) groups is 1. The summed E-state index contributed by atoms with van der Waals surface area (Å²) in [7, 11) is 1.65. The van der Waals surface area contributed by atoms with E-state index in [1.165, 1.54) is 0 Å². The summed E-state index contributed by atoms with van der Waals surface area (Å²) in [5, 5.41) is 14.0. The van der Waals surface area contributed by atoms with Crippen LogP contribution in [-0.4, -0.2) is 78.1 Å². The van der Waals surface area contributed by atoms with Gasteiger partial charge in [0.1, 0.15) is 18.1 Å². The molecule has 0 aliphatic carbocycles. The molecule has 0 unspecified atom stereocenters. The number of morpholine rings is 1. The molecule has 1 aromatic heterocycles. The Bertz CT molecular complexity index is 817. The number of H-pyrrole nitrogens is 1. The summed E-state index contributed by atoms with van der Waals surface area (Å²) in [4.78, 5) is 11.7. The standard InChI is InChI=1S/C21H33N7O2.HI/c1-5-22-20(24-15-21(2,3)28-10-12-30-13-11-28)23-14-18-25-19(27-26-18)16-6-8-17(29-4)9-7-16;/h6-9H,5,10-15H2,1-4H3,(H2,22,23,24)(H,25,26,27);1H. The van der Waals surface area contributed by atoms with E-state index in [1.54, 1.807) is 7.11 Å². The minimum Gasteiger partial charge on any atom is -0.497 e. The fraction of sp³-hybridized carbons (Fsp3) is 0.571. The highest BCUT2D eigenvalue weighted by Crippen LogP contribution is 2.19. The van der Waals surface area contributed by atoms with Crippen molar-refractivity contribution in [3.63, 3.8) is 0 Å². The molecule has 0 bridgehead atoms. The Morgan fingerprint density at radius 1 is 1.23 bits per heavy atom. The van der Waals surface area contributed by atoms with Gasteiger partial charge in [0, 0.05) is 37.3 Å². The summed E-state index contributed by atoms with van der Waals surface area (Å²) in [6, 6.07) is 7.67. The third-order valence-corrected chi connectivity index (χ3v) is 5.17. The Morgan fingerprint density at radius 3 is 2.58 bits per heavy atom. The van der Waals surface area contributed by atoms with Gasteiger partial charge in [0.2, 0.25) is 0 Å². The number of nitrogens with one attached hydrogen (secondary N) is 3. The van der Waals surface area contributed by atoms with Crippen molar-refractivity contribution in [3.05, 3.63) is 30.1 Å². The first-order valence-electron chi connectivity index (χ1n) is 10.4. The van der Waals surface area contributed by atoms with Crippen molar-refractivity contribution in [1.29, 1.82) is 0 Å². The highest BCUT2D eigenvalue weighted by atomic mass is 127. The van der Waals surface area contributed by atoms with Crippen molar-refractivity contribution in [1.82, 2.24) is 30.7 Å². The Morgan fingerprint density at radius 2 is 1.94 bits per heavy atom. The minimum atomic E-state index is 0. The number of halogens is 1. The maximum absolute atomic E-state index is 5.47. The quantitative estimate of drug-likeness (QED) is 0.267. The Kier molecular flexibility index (Phi) is 9.97. The average Bonchev–Trinajstić information content (AvgIpc) is 3.25. The van der Waals surface area contributed by atoms with Crippen LogP contribution in [0.5, 0.6) is 5.75 Å². The lowest BCUT2D eigenvalue weighted by Gasteiger charge is -2.41. The second-order valence-corrected chi connectivity index (χ2v) is 7.79. The van der Waals surface area contributed by atoms with Gasteiger partial charge >= 0.3 is 0 Å². The molecule has 0 spiro atoms. The molecular formula is C21H34IN7O2.